The van der Waals surface area contributed by atoms with Crippen LogP contribution in [0.15, 0.2) is 54.9 Å². The number of amides is 2. The normalized spacial score (nSPS) is 14.2. The van der Waals surface area contributed by atoms with E-state index in [9.17, 15) is 9.59 Å². The highest BCUT2D eigenvalue weighted by molar-refractivity contribution is 6.07. The zero-order valence-electron chi connectivity index (χ0n) is 20.8. The lowest BCUT2D eigenvalue weighted by molar-refractivity contribution is 0.0904. The average molecular weight is 490 g/mol. The summed E-state index contributed by atoms with van der Waals surface area (Å²) in [6, 6.07) is 13.1. The van der Waals surface area contributed by atoms with Crippen molar-refractivity contribution in [3.05, 3.63) is 77.2 Å². The van der Waals surface area contributed by atoms with Crippen LogP contribution in [0.3, 0.4) is 0 Å². The summed E-state index contributed by atoms with van der Waals surface area (Å²) in [5, 5.41) is 5.78. The molecule has 3 aromatic rings. The van der Waals surface area contributed by atoms with E-state index in [0.717, 1.165) is 55.1 Å². The molecule has 1 aliphatic rings. The number of carbonyl (C=O) groups is 2. The Kier molecular flexibility index (Phi) is 8.12. The van der Waals surface area contributed by atoms with Crippen molar-refractivity contribution >= 4 is 17.6 Å². The molecule has 2 N–H and O–H groups in total. The highest BCUT2D eigenvalue weighted by atomic mass is 16.5. The molecule has 1 saturated heterocycles. The first kappa shape index (κ1) is 25.1. The van der Waals surface area contributed by atoms with Crippen molar-refractivity contribution in [2.45, 2.75) is 32.4 Å². The van der Waals surface area contributed by atoms with Gasteiger partial charge in [-0.15, -0.1) is 0 Å². The minimum atomic E-state index is -0.348. The second-order valence-corrected chi connectivity index (χ2v) is 8.82. The van der Waals surface area contributed by atoms with Crippen molar-refractivity contribution < 1.29 is 19.1 Å². The Morgan fingerprint density at radius 2 is 1.67 bits per heavy atom. The molecule has 2 amide bonds. The lowest BCUT2D eigenvalue weighted by atomic mass is 10.0. The molecule has 36 heavy (non-hydrogen) atoms. The Morgan fingerprint density at radius 1 is 0.972 bits per heavy atom. The number of nitrogens with one attached hydrogen (secondary N) is 2. The summed E-state index contributed by atoms with van der Waals surface area (Å²) in [7, 11) is 3.28. The predicted octanol–water partition coefficient (Wildman–Crippen LogP) is 3.45. The van der Waals surface area contributed by atoms with Gasteiger partial charge in [-0.1, -0.05) is 17.7 Å². The third kappa shape index (κ3) is 6.37. The van der Waals surface area contributed by atoms with Gasteiger partial charge in [0, 0.05) is 49.7 Å². The molecule has 9 heteroatoms. The third-order valence-corrected chi connectivity index (χ3v) is 6.17. The van der Waals surface area contributed by atoms with Gasteiger partial charge in [0.25, 0.3) is 11.8 Å². The summed E-state index contributed by atoms with van der Waals surface area (Å²) in [6.45, 7) is 4.36. The fraction of sp³-hybridized carbons (Fsp3) is 0.333. The van der Waals surface area contributed by atoms with E-state index in [1.54, 1.807) is 26.4 Å². The van der Waals surface area contributed by atoms with Gasteiger partial charge in [0.1, 0.15) is 11.5 Å². The van der Waals surface area contributed by atoms with E-state index >= 15 is 0 Å². The molecular weight excluding hydrogens is 458 g/mol. The summed E-state index contributed by atoms with van der Waals surface area (Å²) < 4.78 is 10.7. The third-order valence-electron chi connectivity index (χ3n) is 6.17. The fourth-order valence-electron chi connectivity index (χ4n) is 4.27. The van der Waals surface area contributed by atoms with Crippen LogP contribution in [0.25, 0.3) is 0 Å². The number of ether oxygens (including phenoxy) is 2. The number of rotatable bonds is 8. The summed E-state index contributed by atoms with van der Waals surface area (Å²) in [5.41, 5.74) is 2.68. The van der Waals surface area contributed by atoms with Crippen LogP contribution in [-0.4, -0.2) is 60.0 Å². The zero-order chi connectivity index (χ0) is 25.5. The topological polar surface area (TPSA) is 106 Å². The maximum atomic E-state index is 13.0. The smallest absolute Gasteiger partial charge is 0.273 e. The summed E-state index contributed by atoms with van der Waals surface area (Å²) in [6.07, 6.45) is 4.51. The van der Waals surface area contributed by atoms with Crippen molar-refractivity contribution in [3.63, 3.8) is 0 Å². The lowest BCUT2D eigenvalue weighted by Gasteiger charge is -2.32. The molecule has 0 atom stereocenters. The van der Waals surface area contributed by atoms with Gasteiger partial charge >= 0.3 is 0 Å². The molecule has 2 aromatic carbocycles. The number of hydrogen-bond donors (Lipinski definition) is 2. The molecule has 0 radical (unpaired) electrons. The zero-order valence-corrected chi connectivity index (χ0v) is 20.8. The van der Waals surface area contributed by atoms with Gasteiger partial charge in [0.05, 0.1) is 14.2 Å². The van der Waals surface area contributed by atoms with Crippen LogP contribution in [0, 0.1) is 6.92 Å². The summed E-state index contributed by atoms with van der Waals surface area (Å²) in [5.74, 6) is 0.988. The molecule has 1 aliphatic heterocycles. The molecule has 0 aliphatic carbocycles. The van der Waals surface area contributed by atoms with Crippen LogP contribution in [0.5, 0.6) is 11.5 Å². The van der Waals surface area contributed by atoms with Crippen LogP contribution in [-0.2, 0) is 6.54 Å². The number of hydrogen-bond acceptors (Lipinski definition) is 7. The number of carbonyl (C=O) groups excluding carboxylic acids is 2. The molecule has 0 saturated carbocycles. The van der Waals surface area contributed by atoms with Gasteiger partial charge in [-0.05, 0) is 49.6 Å². The maximum Gasteiger partial charge on any atom is 0.273 e. The van der Waals surface area contributed by atoms with Crippen LogP contribution in [0.4, 0.5) is 5.82 Å². The number of aryl methyl sites for hydroxylation is 1. The van der Waals surface area contributed by atoms with Crippen LogP contribution in [0.2, 0.25) is 0 Å². The van der Waals surface area contributed by atoms with Crippen molar-refractivity contribution in [1.82, 2.24) is 20.2 Å². The van der Waals surface area contributed by atoms with Crippen LogP contribution in [0.1, 0.15) is 44.8 Å². The Labute approximate surface area is 210 Å². The predicted molar refractivity (Wildman–Crippen MR) is 136 cm³/mol. The average Bonchev–Trinajstić information content (AvgIpc) is 2.89. The van der Waals surface area contributed by atoms with Crippen molar-refractivity contribution in [1.29, 1.82) is 0 Å². The Morgan fingerprint density at radius 3 is 2.33 bits per heavy atom. The van der Waals surface area contributed by atoms with Crippen molar-refractivity contribution in [2.75, 3.05) is 32.6 Å². The molecule has 1 aromatic heterocycles. The van der Waals surface area contributed by atoms with E-state index in [2.05, 4.69) is 25.5 Å². The van der Waals surface area contributed by atoms with Gasteiger partial charge in [-0.25, -0.2) is 9.97 Å². The van der Waals surface area contributed by atoms with Gasteiger partial charge in [-0.3, -0.25) is 14.5 Å². The number of piperidine rings is 1. The summed E-state index contributed by atoms with van der Waals surface area (Å²) in [4.78, 5) is 36.4. The van der Waals surface area contributed by atoms with Gasteiger partial charge in [0.15, 0.2) is 11.5 Å². The molecule has 0 unspecified atom stereocenters. The Bertz CT molecular complexity index is 1200. The van der Waals surface area contributed by atoms with E-state index in [-0.39, 0.29) is 29.4 Å². The van der Waals surface area contributed by atoms with Crippen molar-refractivity contribution in [2.24, 2.45) is 0 Å². The van der Waals surface area contributed by atoms with E-state index in [1.165, 1.54) is 12.4 Å². The van der Waals surface area contributed by atoms with Gasteiger partial charge in [-0.2, -0.15) is 0 Å². The fourth-order valence-corrected chi connectivity index (χ4v) is 4.27. The Balaban J connectivity index is 1.34. The molecule has 4 rings (SSSR count). The lowest BCUT2D eigenvalue weighted by Crippen LogP contribution is -2.44. The summed E-state index contributed by atoms with van der Waals surface area (Å²) >= 11 is 0. The maximum absolute atomic E-state index is 13.0. The highest BCUT2D eigenvalue weighted by Gasteiger charge is 2.24. The number of nitrogens with zero attached hydrogens (tertiary/aromatic N) is 3. The minimum absolute atomic E-state index is 0.0101. The first-order valence-electron chi connectivity index (χ1n) is 11.9. The number of aromatic nitrogens is 2. The van der Waals surface area contributed by atoms with Crippen molar-refractivity contribution in [3.8, 4) is 11.5 Å². The number of anilines is 1. The van der Waals surface area contributed by atoms with E-state index < -0.39 is 0 Å². The van der Waals surface area contributed by atoms with Crippen LogP contribution < -0.4 is 20.1 Å². The molecular formula is C27H31N5O4. The first-order valence-corrected chi connectivity index (χ1v) is 11.9. The standard InChI is InChI=1S/C27H31N5O4/c1-18-5-4-6-20(13-18)26(33)31-25-24(28-9-10-29-25)27(34)30-21-7-11-32(12-8-21)17-19-14-22(35-2)16-23(15-19)36-3/h4-6,9-10,13-16,21H,7-8,11-12,17H2,1-3H3,(H,30,34)(H,29,31,33). The SMILES string of the molecule is COc1cc(CN2CCC(NC(=O)c3nccnc3NC(=O)c3cccc(C)c3)CC2)cc(OC)c1. The van der Waals surface area contributed by atoms with E-state index in [4.69, 9.17) is 9.47 Å². The quantitative estimate of drug-likeness (QED) is 0.499. The second-order valence-electron chi connectivity index (χ2n) is 8.82. The second kappa shape index (κ2) is 11.6. The van der Waals surface area contributed by atoms with Crippen LogP contribution >= 0.6 is 0 Å². The molecule has 9 nitrogen and oxygen atoms in total. The van der Waals surface area contributed by atoms with E-state index in [1.807, 2.05) is 37.3 Å². The molecule has 2 heterocycles. The van der Waals surface area contributed by atoms with Gasteiger partial charge in [0.2, 0.25) is 0 Å². The van der Waals surface area contributed by atoms with E-state index in [0.29, 0.717) is 5.56 Å². The molecule has 1 fully saturated rings. The molecule has 0 bridgehead atoms. The minimum Gasteiger partial charge on any atom is -0.497 e. The number of likely N-dealkylation sites (tertiary alicyclic amines) is 1. The molecule has 0 spiro atoms. The molecule has 188 valence electrons. The van der Waals surface area contributed by atoms with Gasteiger partial charge < -0.3 is 20.1 Å². The largest absolute Gasteiger partial charge is 0.497 e. The number of methoxy groups -OCH3 is 2. The number of benzene rings is 2. The monoisotopic (exact) mass is 489 g/mol. The first-order chi connectivity index (χ1) is 17.4. The highest BCUT2D eigenvalue weighted by Crippen LogP contribution is 2.24. The Hall–Kier alpha value is -3.98.